The van der Waals surface area contributed by atoms with Gasteiger partial charge in [-0.15, -0.1) is 0 Å². The van der Waals surface area contributed by atoms with E-state index in [0.29, 0.717) is 19.1 Å². The molecule has 0 heterocycles. The first-order valence-electron chi connectivity index (χ1n) is 7.83. The predicted octanol–water partition coefficient (Wildman–Crippen LogP) is 3.87. The first kappa shape index (κ1) is 18.9. The van der Waals surface area contributed by atoms with Gasteiger partial charge >= 0.3 is 11.9 Å². The van der Waals surface area contributed by atoms with Gasteiger partial charge in [-0.25, -0.2) is 0 Å². The maximum Gasteiger partial charge on any atom is 0.302 e. The average molecular weight is 286 g/mol. The number of rotatable bonds is 12. The summed E-state index contributed by atoms with van der Waals surface area (Å²) in [5.74, 6) is -0.203. The Morgan fingerprint density at radius 1 is 0.850 bits per heavy atom. The van der Waals surface area contributed by atoms with Crippen LogP contribution in [0.5, 0.6) is 0 Å². The van der Waals surface area contributed by atoms with E-state index < -0.39 is 0 Å². The van der Waals surface area contributed by atoms with E-state index >= 15 is 0 Å². The molecule has 0 aromatic carbocycles. The molecule has 0 saturated heterocycles. The summed E-state index contributed by atoms with van der Waals surface area (Å²) in [7, 11) is 0. The van der Waals surface area contributed by atoms with Crippen molar-refractivity contribution >= 4 is 11.9 Å². The van der Waals surface area contributed by atoms with Crippen LogP contribution in [-0.4, -0.2) is 25.2 Å². The molecule has 0 aliphatic rings. The van der Waals surface area contributed by atoms with Crippen LogP contribution in [0.1, 0.15) is 72.1 Å². The molecular formula is C16H30O4. The van der Waals surface area contributed by atoms with Crippen LogP contribution in [0.15, 0.2) is 0 Å². The fraction of sp³-hybridized carbons (Fsp3) is 0.875. The van der Waals surface area contributed by atoms with Gasteiger partial charge in [0.05, 0.1) is 13.2 Å². The van der Waals surface area contributed by atoms with Crippen molar-refractivity contribution in [3.63, 3.8) is 0 Å². The number of hydrogen-bond acceptors (Lipinski definition) is 4. The van der Waals surface area contributed by atoms with E-state index in [2.05, 4.69) is 6.92 Å². The third-order valence-electron chi connectivity index (χ3n) is 3.32. The third-order valence-corrected chi connectivity index (χ3v) is 3.32. The van der Waals surface area contributed by atoms with Gasteiger partial charge in [-0.3, -0.25) is 9.59 Å². The Morgan fingerprint density at radius 3 is 2.05 bits per heavy atom. The first-order valence-corrected chi connectivity index (χ1v) is 7.83. The highest BCUT2D eigenvalue weighted by Crippen LogP contribution is 2.16. The highest BCUT2D eigenvalue weighted by Gasteiger charge is 2.11. The second-order valence-electron chi connectivity index (χ2n) is 5.35. The molecule has 0 saturated carbocycles. The largest absolute Gasteiger partial charge is 0.466 e. The zero-order valence-electron chi connectivity index (χ0n) is 13.3. The lowest BCUT2D eigenvalue weighted by Gasteiger charge is -2.16. The van der Waals surface area contributed by atoms with Crippen molar-refractivity contribution < 1.29 is 19.1 Å². The Kier molecular flexibility index (Phi) is 12.3. The van der Waals surface area contributed by atoms with Gasteiger partial charge in [0.15, 0.2) is 0 Å². The van der Waals surface area contributed by atoms with E-state index in [1.54, 1.807) is 0 Å². The Hall–Kier alpha value is -1.06. The van der Waals surface area contributed by atoms with Gasteiger partial charge in [-0.1, -0.05) is 45.4 Å². The Labute approximate surface area is 123 Å². The van der Waals surface area contributed by atoms with Crippen molar-refractivity contribution in [3.05, 3.63) is 0 Å². The molecule has 0 fully saturated rings. The molecule has 0 amide bonds. The lowest BCUT2D eigenvalue weighted by Crippen LogP contribution is -2.15. The first-order chi connectivity index (χ1) is 9.56. The van der Waals surface area contributed by atoms with Crippen molar-refractivity contribution in [2.45, 2.75) is 72.1 Å². The van der Waals surface area contributed by atoms with Crippen molar-refractivity contribution in [2.24, 2.45) is 5.92 Å². The molecular weight excluding hydrogens is 256 g/mol. The van der Waals surface area contributed by atoms with Gasteiger partial charge in [0.1, 0.15) is 0 Å². The van der Waals surface area contributed by atoms with E-state index in [1.165, 1.54) is 46.0 Å². The minimum Gasteiger partial charge on any atom is -0.466 e. The molecule has 1 atom stereocenters. The summed E-state index contributed by atoms with van der Waals surface area (Å²) in [6.07, 6.45) is 9.32. The summed E-state index contributed by atoms with van der Waals surface area (Å²) in [4.78, 5) is 21.6. The number of carbonyl (C=O) groups is 2. The van der Waals surface area contributed by atoms with Crippen LogP contribution >= 0.6 is 0 Å². The van der Waals surface area contributed by atoms with Gasteiger partial charge in [-0.2, -0.15) is 0 Å². The number of carbonyl (C=O) groups excluding carboxylic acids is 2. The number of hydrogen-bond donors (Lipinski definition) is 0. The highest BCUT2D eigenvalue weighted by molar-refractivity contribution is 5.66. The molecule has 4 heteroatoms. The third kappa shape index (κ3) is 13.4. The highest BCUT2D eigenvalue weighted by atomic mass is 16.5. The standard InChI is InChI=1S/C16H30O4/c1-4-5-6-7-8-9-10-16(13-20-15(3)18)11-12-19-14(2)17/h16H,4-13H2,1-3H3/t16-/m0/s1. The molecule has 0 spiro atoms. The fourth-order valence-electron chi connectivity index (χ4n) is 2.13. The maximum atomic E-state index is 10.9. The monoisotopic (exact) mass is 286 g/mol. The number of esters is 2. The molecule has 0 aliphatic carbocycles. The SMILES string of the molecule is CCCCCCCC[C@@H](CCOC(C)=O)COC(C)=O. The summed E-state index contributed by atoms with van der Waals surface area (Å²) >= 11 is 0. The molecule has 0 aliphatic heterocycles. The van der Waals surface area contributed by atoms with Crippen LogP contribution in [0.2, 0.25) is 0 Å². The normalized spacial score (nSPS) is 11.9. The molecule has 0 aromatic heterocycles. The van der Waals surface area contributed by atoms with Crippen molar-refractivity contribution in [3.8, 4) is 0 Å². The summed E-state index contributed by atoms with van der Waals surface area (Å²) in [5.41, 5.74) is 0. The molecule has 118 valence electrons. The van der Waals surface area contributed by atoms with Crippen molar-refractivity contribution in [2.75, 3.05) is 13.2 Å². The Morgan fingerprint density at radius 2 is 1.45 bits per heavy atom. The summed E-state index contributed by atoms with van der Waals surface area (Å²) < 4.78 is 10.0. The number of unbranched alkanes of at least 4 members (excludes halogenated alkanes) is 5. The van der Waals surface area contributed by atoms with Crippen LogP contribution in [-0.2, 0) is 19.1 Å². The average Bonchev–Trinajstić information content (AvgIpc) is 2.38. The molecule has 4 nitrogen and oxygen atoms in total. The van der Waals surface area contributed by atoms with Crippen molar-refractivity contribution in [1.82, 2.24) is 0 Å². The predicted molar refractivity (Wildman–Crippen MR) is 79.4 cm³/mol. The Bertz CT molecular complexity index is 263. The van der Waals surface area contributed by atoms with Gasteiger partial charge in [0.2, 0.25) is 0 Å². The van der Waals surface area contributed by atoms with E-state index in [-0.39, 0.29) is 11.9 Å². The van der Waals surface area contributed by atoms with Crippen LogP contribution in [0.4, 0.5) is 0 Å². The minimum absolute atomic E-state index is 0.245. The van der Waals surface area contributed by atoms with Gasteiger partial charge in [-0.05, 0) is 18.8 Å². The van der Waals surface area contributed by atoms with Crippen LogP contribution < -0.4 is 0 Å². The van der Waals surface area contributed by atoms with Crippen LogP contribution in [0.3, 0.4) is 0 Å². The molecule has 0 rings (SSSR count). The lowest BCUT2D eigenvalue weighted by atomic mass is 9.98. The topological polar surface area (TPSA) is 52.6 Å². The van der Waals surface area contributed by atoms with Crippen LogP contribution in [0, 0.1) is 5.92 Å². The fourth-order valence-corrected chi connectivity index (χ4v) is 2.13. The second kappa shape index (κ2) is 12.9. The quantitative estimate of drug-likeness (QED) is 0.404. The zero-order valence-corrected chi connectivity index (χ0v) is 13.3. The van der Waals surface area contributed by atoms with Gasteiger partial charge in [0.25, 0.3) is 0 Å². The van der Waals surface area contributed by atoms with Crippen molar-refractivity contribution in [1.29, 1.82) is 0 Å². The molecule has 0 bridgehead atoms. The molecule has 0 unspecified atom stereocenters. The maximum absolute atomic E-state index is 10.9. The van der Waals surface area contributed by atoms with E-state index in [1.807, 2.05) is 0 Å². The number of ether oxygens (including phenoxy) is 2. The molecule has 0 radical (unpaired) electrons. The molecule has 0 aromatic rings. The van der Waals surface area contributed by atoms with E-state index in [4.69, 9.17) is 9.47 Å². The van der Waals surface area contributed by atoms with Gasteiger partial charge in [0, 0.05) is 13.8 Å². The zero-order chi connectivity index (χ0) is 15.2. The molecule has 20 heavy (non-hydrogen) atoms. The Balaban J connectivity index is 3.79. The second-order valence-corrected chi connectivity index (χ2v) is 5.35. The smallest absolute Gasteiger partial charge is 0.302 e. The molecule has 0 N–H and O–H groups in total. The van der Waals surface area contributed by atoms with Gasteiger partial charge < -0.3 is 9.47 Å². The summed E-state index contributed by atoms with van der Waals surface area (Å²) in [5, 5.41) is 0. The summed E-state index contributed by atoms with van der Waals surface area (Å²) in [6.45, 7) is 5.90. The van der Waals surface area contributed by atoms with E-state index in [0.717, 1.165) is 19.3 Å². The van der Waals surface area contributed by atoms with Crippen LogP contribution in [0.25, 0.3) is 0 Å². The minimum atomic E-state index is -0.254. The summed E-state index contributed by atoms with van der Waals surface area (Å²) in [6, 6.07) is 0. The lowest BCUT2D eigenvalue weighted by molar-refractivity contribution is -0.145. The van der Waals surface area contributed by atoms with E-state index in [9.17, 15) is 9.59 Å².